The number of nitrogens with zero attached hydrogens (tertiary/aromatic N) is 1. The second-order valence-corrected chi connectivity index (χ2v) is 6.53. The van der Waals surface area contributed by atoms with Crippen molar-refractivity contribution in [2.75, 3.05) is 19.5 Å². The Balaban J connectivity index is 1.79. The molecule has 0 aliphatic heterocycles. The summed E-state index contributed by atoms with van der Waals surface area (Å²) in [7, 11) is 3.27. The van der Waals surface area contributed by atoms with Crippen LogP contribution in [0.3, 0.4) is 0 Å². The van der Waals surface area contributed by atoms with Crippen LogP contribution in [0.25, 0.3) is 16.9 Å². The Labute approximate surface area is 169 Å². The van der Waals surface area contributed by atoms with Crippen LogP contribution >= 0.6 is 0 Å². The third kappa shape index (κ3) is 3.75. The number of hydrogen-bond donors (Lipinski definition) is 2. The van der Waals surface area contributed by atoms with Gasteiger partial charge in [-0.15, -0.1) is 0 Å². The Bertz CT molecular complexity index is 1090. The molecule has 0 radical (unpaired) electrons. The van der Waals surface area contributed by atoms with Crippen molar-refractivity contribution in [1.82, 2.24) is 4.57 Å². The van der Waals surface area contributed by atoms with Crippen molar-refractivity contribution in [2.24, 2.45) is 0 Å². The average molecular weight is 386 g/mol. The summed E-state index contributed by atoms with van der Waals surface area (Å²) < 4.78 is 12.4. The van der Waals surface area contributed by atoms with E-state index in [2.05, 4.69) is 5.32 Å². The molecular formula is C24H22N2O3. The first-order valence-electron chi connectivity index (χ1n) is 9.25. The molecule has 0 bridgehead atoms. The molecule has 5 nitrogen and oxygen atoms in total. The van der Waals surface area contributed by atoms with Crippen LogP contribution in [0.2, 0.25) is 0 Å². The van der Waals surface area contributed by atoms with Crippen LogP contribution in [0.5, 0.6) is 17.2 Å². The third-order valence-corrected chi connectivity index (χ3v) is 4.75. The van der Waals surface area contributed by atoms with Crippen molar-refractivity contribution in [3.8, 4) is 34.2 Å². The minimum Gasteiger partial charge on any atom is -0.504 e. The molecule has 2 N–H and O–H groups in total. The van der Waals surface area contributed by atoms with Crippen molar-refractivity contribution in [1.29, 1.82) is 0 Å². The molecule has 0 amide bonds. The normalized spacial score (nSPS) is 10.6. The summed E-state index contributed by atoms with van der Waals surface area (Å²) in [6, 6.07) is 25.1. The molecule has 29 heavy (non-hydrogen) atoms. The van der Waals surface area contributed by atoms with E-state index in [1.54, 1.807) is 14.2 Å². The van der Waals surface area contributed by atoms with Gasteiger partial charge in [0.05, 0.1) is 19.9 Å². The quantitative estimate of drug-likeness (QED) is 0.452. The number of aromatic hydroxyl groups is 1. The molecule has 1 heterocycles. The van der Waals surface area contributed by atoms with E-state index in [-0.39, 0.29) is 5.75 Å². The zero-order valence-electron chi connectivity index (χ0n) is 16.3. The third-order valence-electron chi connectivity index (χ3n) is 4.75. The Hall–Kier alpha value is -3.86. The summed E-state index contributed by atoms with van der Waals surface area (Å²) >= 11 is 0. The largest absolute Gasteiger partial charge is 0.504 e. The molecule has 4 aromatic rings. The van der Waals surface area contributed by atoms with E-state index in [1.165, 1.54) is 0 Å². The molecule has 0 atom stereocenters. The lowest BCUT2D eigenvalue weighted by Crippen LogP contribution is -1.95. The summed E-state index contributed by atoms with van der Waals surface area (Å²) in [5.41, 5.74) is 4.01. The van der Waals surface area contributed by atoms with Crippen molar-refractivity contribution >= 4 is 11.4 Å². The van der Waals surface area contributed by atoms with Gasteiger partial charge < -0.3 is 24.5 Å². The molecule has 146 valence electrons. The van der Waals surface area contributed by atoms with Gasteiger partial charge in [0.2, 0.25) is 0 Å². The molecule has 0 spiro atoms. The standard InChI is InChI=1S/C24H22N2O3/c1-28-20-12-8-17(9-13-20)23-24(27)22(16-26(23)19-6-4-3-5-7-19)25-18-10-14-21(29-2)15-11-18/h3-16,25,27H,1-2H3. The predicted octanol–water partition coefficient (Wildman–Crippen LogP) is 5.61. The van der Waals surface area contributed by atoms with Crippen LogP contribution in [-0.2, 0) is 0 Å². The molecule has 1 aromatic heterocycles. The molecule has 0 aliphatic carbocycles. The Morgan fingerprint density at radius 2 is 1.34 bits per heavy atom. The fourth-order valence-corrected chi connectivity index (χ4v) is 3.23. The molecule has 0 unspecified atom stereocenters. The number of ether oxygens (including phenoxy) is 2. The van der Waals surface area contributed by atoms with Crippen LogP contribution < -0.4 is 14.8 Å². The van der Waals surface area contributed by atoms with E-state index in [9.17, 15) is 5.11 Å². The maximum Gasteiger partial charge on any atom is 0.165 e. The molecule has 0 aliphatic rings. The highest BCUT2D eigenvalue weighted by molar-refractivity contribution is 5.81. The van der Waals surface area contributed by atoms with Crippen LogP contribution in [0.15, 0.2) is 85.1 Å². The summed E-state index contributed by atoms with van der Waals surface area (Å²) in [6.45, 7) is 0. The van der Waals surface area contributed by atoms with Crippen molar-refractivity contribution in [3.63, 3.8) is 0 Å². The Kier molecular flexibility index (Phi) is 5.12. The highest BCUT2D eigenvalue weighted by atomic mass is 16.5. The molecule has 4 rings (SSSR count). The lowest BCUT2D eigenvalue weighted by atomic mass is 10.1. The second-order valence-electron chi connectivity index (χ2n) is 6.53. The van der Waals surface area contributed by atoms with Gasteiger partial charge in [-0.3, -0.25) is 0 Å². The van der Waals surface area contributed by atoms with Gasteiger partial charge in [0.15, 0.2) is 5.75 Å². The zero-order valence-corrected chi connectivity index (χ0v) is 16.3. The van der Waals surface area contributed by atoms with Gasteiger partial charge in [-0.2, -0.15) is 0 Å². The van der Waals surface area contributed by atoms with E-state index < -0.39 is 0 Å². The van der Waals surface area contributed by atoms with Gasteiger partial charge in [-0.1, -0.05) is 18.2 Å². The molecule has 5 heteroatoms. The minimum atomic E-state index is 0.176. The number of rotatable bonds is 6. The van der Waals surface area contributed by atoms with E-state index in [0.717, 1.165) is 28.4 Å². The number of hydrogen-bond acceptors (Lipinski definition) is 4. The summed E-state index contributed by atoms with van der Waals surface area (Å²) in [5, 5.41) is 14.4. The van der Waals surface area contributed by atoms with Gasteiger partial charge in [0.1, 0.15) is 17.2 Å². The number of benzene rings is 3. The van der Waals surface area contributed by atoms with Crippen molar-refractivity contribution in [3.05, 3.63) is 85.1 Å². The fourth-order valence-electron chi connectivity index (χ4n) is 3.23. The summed E-state index contributed by atoms with van der Waals surface area (Å²) in [4.78, 5) is 0. The van der Waals surface area contributed by atoms with Crippen molar-refractivity contribution < 1.29 is 14.6 Å². The lowest BCUT2D eigenvalue weighted by Gasteiger charge is -2.10. The smallest absolute Gasteiger partial charge is 0.165 e. The van der Waals surface area contributed by atoms with Gasteiger partial charge in [0, 0.05) is 23.1 Å². The topological polar surface area (TPSA) is 55.7 Å². The van der Waals surface area contributed by atoms with Crippen LogP contribution in [0, 0.1) is 0 Å². The maximum atomic E-state index is 11.1. The Morgan fingerprint density at radius 3 is 1.93 bits per heavy atom. The van der Waals surface area contributed by atoms with E-state index in [1.807, 2.05) is 89.6 Å². The molecular weight excluding hydrogens is 364 g/mol. The zero-order chi connectivity index (χ0) is 20.2. The second kappa shape index (κ2) is 8.02. The number of para-hydroxylation sites is 1. The van der Waals surface area contributed by atoms with Crippen LogP contribution in [0.1, 0.15) is 0 Å². The first-order chi connectivity index (χ1) is 14.2. The minimum absolute atomic E-state index is 0.176. The van der Waals surface area contributed by atoms with Crippen molar-refractivity contribution in [2.45, 2.75) is 0 Å². The van der Waals surface area contributed by atoms with E-state index >= 15 is 0 Å². The monoisotopic (exact) mass is 386 g/mol. The number of nitrogens with one attached hydrogen (secondary N) is 1. The molecule has 3 aromatic carbocycles. The van der Waals surface area contributed by atoms with Gasteiger partial charge in [-0.05, 0) is 60.7 Å². The first kappa shape index (κ1) is 18.5. The van der Waals surface area contributed by atoms with Gasteiger partial charge in [-0.25, -0.2) is 0 Å². The number of aromatic nitrogens is 1. The average Bonchev–Trinajstić information content (AvgIpc) is 3.11. The Morgan fingerprint density at radius 1 is 0.759 bits per heavy atom. The fraction of sp³-hybridized carbons (Fsp3) is 0.0833. The van der Waals surface area contributed by atoms with E-state index in [0.29, 0.717) is 11.4 Å². The first-order valence-corrected chi connectivity index (χ1v) is 9.25. The highest BCUT2D eigenvalue weighted by Gasteiger charge is 2.18. The number of anilines is 2. The summed E-state index contributed by atoms with van der Waals surface area (Å²) in [5.74, 6) is 1.72. The number of methoxy groups -OCH3 is 2. The van der Waals surface area contributed by atoms with Gasteiger partial charge >= 0.3 is 0 Å². The molecule has 0 fully saturated rings. The molecule has 0 saturated heterocycles. The summed E-state index contributed by atoms with van der Waals surface area (Å²) in [6.07, 6.45) is 1.90. The van der Waals surface area contributed by atoms with Crippen LogP contribution in [0.4, 0.5) is 11.4 Å². The van der Waals surface area contributed by atoms with Gasteiger partial charge in [0.25, 0.3) is 0 Å². The highest BCUT2D eigenvalue weighted by Crippen LogP contribution is 2.41. The van der Waals surface area contributed by atoms with E-state index in [4.69, 9.17) is 9.47 Å². The van der Waals surface area contributed by atoms with Crippen LogP contribution in [-0.4, -0.2) is 23.9 Å². The SMILES string of the molecule is COc1ccc(Nc2cn(-c3ccccc3)c(-c3ccc(OC)cc3)c2O)cc1. The molecule has 0 saturated carbocycles. The predicted molar refractivity (Wildman–Crippen MR) is 116 cm³/mol. The lowest BCUT2D eigenvalue weighted by molar-refractivity contribution is 0.414. The maximum absolute atomic E-state index is 11.1.